The van der Waals surface area contributed by atoms with Gasteiger partial charge in [-0.15, -0.1) is 0 Å². The molecule has 32 heavy (non-hydrogen) atoms. The van der Waals surface area contributed by atoms with Crippen molar-refractivity contribution in [3.05, 3.63) is 44.8 Å². The number of carbonyl (C=O) groups excluding carboxylic acids is 2. The maximum Gasteiger partial charge on any atom is 0.338 e. The van der Waals surface area contributed by atoms with E-state index in [1.54, 1.807) is 13.0 Å². The number of pyridine rings is 1. The van der Waals surface area contributed by atoms with Crippen molar-refractivity contribution in [1.29, 1.82) is 0 Å². The summed E-state index contributed by atoms with van der Waals surface area (Å²) in [5, 5.41) is 3.19. The smallest absolute Gasteiger partial charge is 0.338 e. The summed E-state index contributed by atoms with van der Waals surface area (Å²) in [6.45, 7) is 1.67. The number of thioether (sulfide) groups is 1. The normalized spacial score (nSPS) is 10.7. The summed E-state index contributed by atoms with van der Waals surface area (Å²) in [4.78, 5) is 48.1. The first kappa shape index (κ1) is 23.4. The van der Waals surface area contributed by atoms with Crippen LogP contribution in [0.5, 0.6) is 11.5 Å². The number of fused-ring (bicyclic) bond motifs is 1. The SMILES string of the molecule is COC(=O)c1cc(C)nc2nc(SCC(=O)Nc3cc(Cl)c(OC)cc3OC)[nH]c(=O)c12. The molecule has 0 saturated heterocycles. The highest BCUT2D eigenvalue weighted by atomic mass is 35.5. The minimum atomic E-state index is -0.667. The lowest BCUT2D eigenvalue weighted by atomic mass is 10.1. The second-order valence-electron chi connectivity index (χ2n) is 6.40. The van der Waals surface area contributed by atoms with E-state index in [4.69, 9.17) is 25.8 Å². The first-order valence-corrected chi connectivity index (χ1v) is 10.5. The molecule has 0 atom stereocenters. The Morgan fingerprint density at radius 2 is 1.84 bits per heavy atom. The number of halogens is 1. The highest BCUT2D eigenvalue weighted by molar-refractivity contribution is 7.99. The molecule has 0 aliphatic heterocycles. The third kappa shape index (κ3) is 4.94. The number of esters is 1. The Bertz CT molecular complexity index is 1260. The lowest BCUT2D eigenvalue weighted by molar-refractivity contribution is -0.113. The molecule has 0 bridgehead atoms. The van der Waals surface area contributed by atoms with Gasteiger partial charge in [0, 0.05) is 11.8 Å². The Morgan fingerprint density at radius 3 is 2.50 bits per heavy atom. The van der Waals surface area contributed by atoms with Crippen molar-refractivity contribution in [2.75, 3.05) is 32.4 Å². The molecule has 0 aliphatic rings. The number of rotatable bonds is 7. The van der Waals surface area contributed by atoms with Gasteiger partial charge in [0.15, 0.2) is 10.8 Å². The Kier molecular flexibility index (Phi) is 7.21. The molecule has 0 unspecified atom stereocenters. The van der Waals surface area contributed by atoms with Crippen LogP contribution >= 0.6 is 23.4 Å². The number of amides is 1. The van der Waals surface area contributed by atoms with Gasteiger partial charge >= 0.3 is 5.97 Å². The van der Waals surface area contributed by atoms with E-state index in [9.17, 15) is 14.4 Å². The molecule has 3 rings (SSSR count). The van der Waals surface area contributed by atoms with Crippen molar-refractivity contribution in [2.24, 2.45) is 0 Å². The molecule has 2 N–H and O–H groups in total. The first-order chi connectivity index (χ1) is 15.3. The second kappa shape index (κ2) is 9.88. The van der Waals surface area contributed by atoms with Gasteiger partial charge in [-0.05, 0) is 19.1 Å². The molecule has 2 aromatic heterocycles. The van der Waals surface area contributed by atoms with Crippen LogP contribution in [0.3, 0.4) is 0 Å². The number of hydrogen-bond acceptors (Lipinski definition) is 9. The molecule has 3 aromatic rings. The zero-order chi connectivity index (χ0) is 23.4. The molecule has 2 heterocycles. The van der Waals surface area contributed by atoms with E-state index in [1.807, 2.05) is 0 Å². The summed E-state index contributed by atoms with van der Waals surface area (Å²) in [6.07, 6.45) is 0. The predicted octanol–water partition coefficient (Wildman–Crippen LogP) is 2.81. The number of nitrogens with one attached hydrogen (secondary N) is 2. The number of ether oxygens (including phenoxy) is 3. The van der Waals surface area contributed by atoms with E-state index in [1.165, 1.54) is 33.5 Å². The minimum absolute atomic E-state index is 0.0221. The minimum Gasteiger partial charge on any atom is -0.495 e. The molecule has 0 saturated carbocycles. The maximum atomic E-state index is 12.6. The molecule has 10 nitrogen and oxygen atoms in total. The molecule has 0 aliphatic carbocycles. The Morgan fingerprint density at radius 1 is 1.12 bits per heavy atom. The van der Waals surface area contributed by atoms with Crippen molar-refractivity contribution in [3.8, 4) is 11.5 Å². The van der Waals surface area contributed by atoms with Crippen molar-refractivity contribution >= 4 is 52.0 Å². The van der Waals surface area contributed by atoms with Gasteiger partial charge in [0.2, 0.25) is 5.91 Å². The fourth-order valence-electron chi connectivity index (χ4n) is 2.86. The van der Waals surface area contributed by atoms with Crippen molar-refractivity contribution in [2.45, 2.75) is 12.1 Å². The topological polar surface area (TPSA) is 132 Å². The van der Waals surface area contributed by atoms with Crippen LogP contribution in [0, 0.1) is 6.92 Å². The lowest BCUT2D eigenvalue weighted by Gasteiger charge is -2.13. The van der Waals surface area contributed by atoms with Crippen LogP contribution in [0.1, 0.15) is 16.1 Å². The van der Waals surface area contributed by atoms with E-state index < -0.39 is 11.5 Å². The highest BCUT2D eigenvalue weighted by Gasteiger charge is 2.18. The zero-order valence-corrected chi connectivity index (χ0v) is 19.1. The van der Waals surface area contributed by atoms with Gasteiger partial charge in [-0.3, -0.25) is 9.59 Å². The second-order valence-corrected chi connectivity index (χ2v) is 7.77. The van der Waals surface area contributed by atoms with E-state index in [2.05, 4.69) is 20.3 Å². The highest BCUT2D eigenvalue weighted by Crippen LogP contribution is 2.36. The molecule has 1 aromatic carbocycles. The quantitative estimate of drug-likeness (QED) is 0.298. The zero-order valence-electron chi connectivity index (χ0n) is 17.6. The lowest BCUT2D eigenvalue weighted by Crippen LogP contribution is -2.18. The summed E-state index contributed by atoms with van der Waals surface area (Å²) < 4.78 is 15.1. The molecule has 0 spiro atoms. The number of aromatic amines is 1. The molecule has 168 valence electrons. The average Bonchev–Trinajstić information content (AvgIpc) is 2.76. The first-order valence-electron chi connectivity index (χ1n) is 9.11. The fourth-order valence-corrected chi connectivity index (χ4v) is 3.76. The number of carbonyl (C=O) groups is 2. The van der Waals surface area contributed by atoms with Crippen molar-refractivity contribution in [1.82, 2.24) is 15.0 Å². The van der Waals surface area contributed by atoms with Crippen LogP contribution < -0.4 is 20.3 Å². The van der Waals surface area contributed by atoms with E-state index in [-0.39, 0.29) is 33.4 Å². The summed E-state index contributed by atoms with van der Waals surface area (Å²) in [5.41, 5.74) is 0.452. The number of aromatic nitrogens is 3. The summed E-state index contributed by atoms with van der Waals surface area (Å²) in [5.74, 6) is -0.346. The van der Waals surface area contributed by atoms with Crippen LogP contribution in [-0.2, 0) is 9.53 Å². The number of nitrogens with zero attached hydrogens (tertiary/aromatic N) is 2. The number of anilines is 1. The van der Waals surface area contributed by atoms with Crippen LogP contribution in [0.25, 0.3) is 11.0 Å². The number of methoxy groups -OCH3 is 3. The van der Waals surface area contributed by atoms with Gasteiger partial charge in [0.1, 0.15) is 11.5 Å². The molecular weight excluding hydrogens is 460 g/mol. The van der Waals surface area contributed by atoms with Gasteiger partial charge < -0.3 is 24.5 Å². The van der Waals surface area contributed by atoms with E-state index in [0.717, 1.165) is 11.8 Å². The van der Waals surface area contributed by atoms with E-state index >= 15 is 0 Å². The van der Waals surface area contributed by atoms with Crippen molar-refractivity contribution in [3.63, 3.8) is 0 Å². The summed E-state index contributed by atoms with van der Waals surface area (Å²) in [7, 11) is 4.14. The van der Waals surface area contributed by atoms with E-state index in [0.29, 0.717) is 27.9 Å². The number of aryl methyl sites for hydroxylation is 1. The molecule has 0 radical (unpaired) electrons. The number of benzene rings is 1. The van der Waals surface area contributed by atoms with Crippen LogP contribution in [0.2, 0.25) is 5.02 Å². The van der Waals surface area contributed by atoms with Gasteiger partial charge in [-0.2, -0.15) is 0 Å². The van der Waals surface area contributed by atoms with Crippen LogP contribution in [-0.4, -0.2) is 53.9 Å². The molecule has 1 amide bonds. The Hall–Kier alpha value is -3.31. The summed E-state index contributed by atoms with van der Waals surface area (Å²) >= 11 is 7.11. The standard InChI is InChI=1S/C20H19ClN4O6S/c1-9-5-10(19(28)31-4)16-17(22-9)24-20(25-18(16)27)32-8-15(26)23-12-6-11(21)13(29-2)7-14(12)30-3/h5-7H,8H2,1-4H3,(H,23,26)(H,22,24,25,27). The van der Waals surface area contributed by atoms with Gasteiger partial charge in [0.05, 0.1) is 48.7 Å². The Labute approximate surface area is 191 Å². The predicted molar refractivity (Wildman–Crippen MR) is 120 cm³/mol. The van der Waals surface area contributed by atoms with Crippen LogP contribution in [0.15, 0.2) is 28.2 Å². The van der Waals surface area contributed by atoms with Crippen molar-refractivity contribution < 1.29 is 23.8 Å². The largest absolute Gasteiger partial charge is 0.495 e. The van der Waals surface area contributed by atoms with Gasteiger partial charge in [-0.25, -0.2) is 14.8 Å². The van der Waals surface area contributed by atoms with Crippen LogP contribution in [0.4, 0.5) is 5.69 Å². The third-order valence-electron chi connectivity index (χ3n) is 4.28. The number of hydrogen-bond donors (Lipinski definition) is 2. The molecule has 0 fully saturated rings. The number of H-pyrrole nitrogens is 1. The summed E-state index contributed by atoms with van der Waals surface area (Å²) in [6, 6.07) is 4.53. The maximum absolute atomic E-state index is 12.6. The monoisotopic (exact) mass is 478 g/mol. The fraction of sp³-hybridized carbons (Fsp3) is 0.250. The third-order valence-corrected chi connectivity index (χ3v) is 5.45. The van der Waals surface area contributed by atoms with Gasteiger partial charge in [0.25, 0.3) is 5.56 Å². The average molecular weight is 479 g/mol. The Balaban J connectivity index is 1.81. The molecular formula is C20H19ClN4O6S. The molecule has 12 heteroatoms. The van der Waals surface area contributed by atoms with Gasteiger partial charge in [-0.1, -0.05) is 23.4 Å².